The number of nitrogens with one attached hydrogen (secondary N) is 1. The summed E-state index contributed by atoms with van der Waals surface area (Å²) >= 11 is 0. The third kappa shape index (κ3) is 2.22. The van der Waals surface area contributed by atoms with Crippen molar-refractivity contribution in [2.24, 2.45) is 5.92 Å². The van der Waals surface area contributed by atoms with Crippen LogP contribution in [0.25, 0.3) is 0 Å². The molecule has 1 rings (SSSR count). The zero-order chi connectivity index (χ0) is 8.27. The van der Waals surface area contributed by atoms with E-state index in [4.69, 9.17) is 0 Å². The number of aromatic nitrogens is 1. The molecular formula is C9H13NO. The molecule has 1 N–H and O–H groups in total. The fourth-order valence-electron chi connectivity index (χ4n) is 0.985. The summed E-state index contributed by atoms with van der Waals surface area (Å²) in [5, 5.41) is 0. The first kappa shape index (κ1) is 8.05. The van der Waals surface area contributed by atoms with E-state index in [1.807, 2.05) is 26.0 Å². The van der Waals surface area contributed by atoms with Crippen molar-refractivity contribution in [3.05, 3.63) is 24.0 Å². The molecule has 0 amide bonds. The Bertz CT molecular complexity index is 224. The molecule has 0 aliphatic carbocycles. The molecular weight excluding hydrogens is 138 g/mol. The normalized spacial score (nSPS) is 10.5. The summed E-state index contributed by atoms with van der Waals surface area (Å²) in [6.07, 6.45) is 2.40. The average molecular weight is 151 g/mol. The molecule has 0 saturated carbocycles. The minimum atomic E-state index is 0.199. The zero-order valence-corrected chi connectivity index (χ0v) is 6.92. The Hall–Kier alpha value is -1.05. The Balaban J connectivity index is 2.57. The van der Waals surface area contributed by atoms with Crippen molar-refractivity contribution in [1.29, 1.82) is 0 Å². The second-order valence-corrected chi connectivity index (χ2v) is 3.10. The maximum atomic E-state index is 11.3. The predicted molar refractivity (Wildman–Crippen MR) is 44.6 cm³/mol. The first-order valence-electron chi connectivity index (χ1n) is 3.86. The second kappa shape index (κ2) is 3.37. The molecule has 0 atom stereocenters. The molecule has 1 heterocycles. The van der Waals surface area contributed by atoms with E-state index < -0.39 is 0 Å². The van der Waals surface area contributed by atoms with Gasteiger partial charge in [0.05, 0.1) is 5.69 Å². The summed E-state index contributed by atoms with van der Waals surface area (Å²) in [7, 11) is 0. The molecule has 0 aliphatic rings. The topological polar surface area (TPSA) is 32.9 Å². The van der Waals surface area contributed by atoms with E-state index in [1.165, 1.54) is 0 Å². The van der Waals surface area contributed by atoms with Gasteiger partial charge in [0.25, 0.3) is 0 Å². The Morgan fingerprint density at radius 1 is 1.64 bits per heavy atom. The number of ketones is 1. The monoisotopic (exact) mass is 151 g/mol. The summed E-state index contributed by atoms with van der Waals surface area (Å²) in [6.45, 7) is 4.08. The Labute approximate surface area is 66.6 Å². The van der Waals surface area contributed by atoms with Gasteiger partial charge in [-0.3, -0.25) is 4.79 Å². The highest BCUT2D eigenvalue weighted by Gasteiger charge is 2.07. The molecule has 0 aliphatic heterocycles. The molecule has 0 radical (unpaired) electrons. The maximum Gasteiger partial charge on any atom is 0.179 e. The third-order valence-electron chi connectivity index (χ3n) is 1.49. The minimum absolute atomic E-state index is 0.199. The van der Waals surface area contributed by atoms with Gasteiger partial charge in [-0.25, -0.2) is 0 Å². The van der Waals surface area contributed by atoms with Crippen molar-refractivity contribution < 1.29 is 4.79 Å². The third-order valence-corrected chi connectivity index (χ3v) is 1.49. The van der Waals surface area contributed by atoms with Crippen LogP contribution in [0.15, 0.2) is 18.3 Å². The van der Waals surface area contributed by atoms with Crippen LogP contribution in [0.4, 0.5) is 0 Å². The van der Waals surface area contributed by atoms with E-state index in [-0.39, 0.29) is 5.78 Å². The van der Waals surface area contributed by atoms with Crippen molar-refractivity contribution in [3.8, 4) is 0 Å². The standard InChI is InChI=1S/C9H13NO/c1-7(2)6-9(11)8-4-3-5-10-8/h3-5,7,10H,6H2,1-2H3. The number of H-pyrrole nitrogens is 1. The highest BCUT2D eigenvalue weighted by Crippen LogP contribution is 2.06. The number of hydrogen-bond acceptors (Lipinski definition) is 1. The molecule has 0 aromatic carbocycles. The lowest BCUT2D eigenvalue weighted by Crippen LogP contribution is -2.03. The Kier molecular flexibility index (Phi) is 2.47. The van der Waals surface area contributed by atoms with Gasteiger partial charge in [-0.1, -0.05) is 13.8 Å². The lowest BCUT2D eigenvalue weighted by atomic mass is 10.1. The van der Waals surface area contributed by atoms with Gasteiger partial charge >= 0.3 is 0 Å². The van der Waals surface area contributed by atoms with Gasteiger partial charge in [0.1, 0.15) is 0 Å². The molecule has 0 saturated heterocycles. The highest BCUT2D eigenvalue weighted by molar-refractivity contribution is 5.94. The summed E-state index contributed by atoms with van der Waals surface area (Å²) in [6, 6.07) is 3.65. The Morgan fingerprint density at radius 2 is 2.36 bits per heavy atom. The molecule has 0 bridgehead atoms. The summed E-state index contributed by atoms with van der Waals surface area (Å²) in [5.74, 6) is 0.635. The van der Waals surface area contributed by atoms with Crippen LogP contribution in [0.3, 0.4) is 0 Å². The highest BCUT2D eigenvalue weighted by atomic mass is 16.1. The molecule has 1 aromatic rings. The molecule has 60 valence electrons. The number of Topliss-reactive ketones (excluding diaryl/α,β-unsaturated/α-hetero) is 1. The molecule has 0 fully saturated rings. The first-order chi connectivity index (χ1) is 5.20. The lowest BCUT2D eigenvalue weighted by Gasteiger charge is -2.00. The van der Waals surface area contributed by atoms with Crippen LogP contribution >= 0.6 is 0 Å². The second-order valence-electron chi connectivity index (χ2n) is 3.10. The van der Waals surface area contributed by atoms with Crippen LogP contribution in [0.2, 0.25) is 0 Å². The van der Waals surface area contributed by atoms with Gasteiger partial charge in [0.2, 0.25) is 0 Å². The van der Waals surface area contributed by atoms with Crippen molar-refractivity contribution in [3.63, 3.8) is 0 Å². The van der Waals surface area contributed by atoms with Gasteiger partial charge in [-0.05, 0) is 18.1 Å². The van der Waals surface area contributed by atoms with Gasteiger partial charge in [-0.2, -0.15) is 0 Å². The molecule has 0 unspecified atom stereocenters. The van der Waals surface area contributed by atoms with Crippen LogP contribution in [0.1, 0.15) is 30.8 Å². The summed E-state index contributed by atoms with van der Waals surface area (Å²) in [5.41, 5.74) is 0.721. The van der Waals surface area contributed by atoms with Crippen molar-refractivity contribution in [2.75, 3.05) is 0 Å². The fraction of sp³-hybridized carbons (Fsp3) is 0.444. The maximum absolute atomic E-state index is 11.3. The van der Waals surface area contributed by atoms with Gasteiger partial charge in [-0.15, -0.1) is 0 Å². The summed E-state index contributed by atoms with van der Waals surface area (Å²) in [4.78, 5) is 14.2. The van der Waals surface area contributed by atoms with Crippen LogP contribution in [-0.4, -0.2) is 10.8 Å². The SMILES string of the molecule is CC(C)CC(=O)c1ccc[nH]1. The van der Waals surface area contributed by atoms with Gasteiger partial charge in [0.15, 0.2) is 5.78 Å². The minimum Gasteiger partial charge on any atom is -0.359 e. The van der Waals surface area contributed by atoms with E-state index in [0.29, 0.717) is 12.3 Å². The van der Waals surface area contributed by atoms with Crippen LogP contribution in [0, 0.1) is 5.92 Å². The quantitative estimate of drug-likeness (QED) is 0.660. The first-order valence-corrected chi connectivity index (χ1v) is 3.86. The van der Waals surface area contributed by atoms with Crippen molar-refractivity contribution >= 4 is 5.78 Å². The summed E-state index contributed by atoms with van der Waals surface area (Å²) < 4.78 is 0. The fourth-order valence-corrected chi connectivity index (χ4v) is 0.985. The molecule has 2 nitrogen and oxygen atoms in total. The smallest absolute Gasteiger partial charge is 0.179 e. The molecule has 11 heavy (non-hydrogen) atoms. The number of aromatic amines is 1. The van der Waals surface area contributed by atoms with E-state index in [0.717, 1.165) is 5.69 Å². The number of carbonyl (C=O) groups is 1. The molecule has 0 spiro atoms. The Morgan fingerprint density at radius 3 is 2.82 bits per heavy atom. The van der Waals surface area contributed by atoms with Gasteiger partial charge in [0, 0.05) is 12.6 Å². The van der Waals surface area contributed by atoms with Crippen LogP contribution in [-0.2, 0) is 0 Å². The predicted octanol–water partition coefficient (Wildman–Crippen LogP) is 2.24. The van der Waals surface area contributed by atoms with Crippen LogP contribution < -0.4 is 0 Å². The van der Waals surface area contributed by atoms with E-state index in [9.17, 15) is 4.79 Å². The number of hydrogen-bond donors (Lipinski definition) is 1. The average Bonchev–Trinajstić information content (AvgIpc) is 2.35. The number of rotatable bonds is 3. The van der Waals surface area contributed by atoms with Crippen molar-refractivity contribution in [2.45, 2.75) is 20.3 Å². The molecule has 1 aromatic heterocycles. The zero-order valence-electron chi connectivity index (χ0n) is 6.92. The lowest BCUT2D eigenvalue weighted by molar-refractivity contribution is 0.0963. The van der Waals surface area contributed by atoms with E-state index >= 15 is 0 Å². The van der Waals surface area contributed by atoms with Gasteiger partial charge < -0.3 is 4.98 Å². The van der Waals surface area contributed by atoms with Crippen LogP contribution in [0.5, 0.6) is 0 Å². The largest absolute Gasteiger partial charge is 0.359 e. The van der Waals surface area contributed by atoms with Crippen molar-refractivity contribution in [1.82, 2.24) is 4.98 Å². The molecule has 2 heteroatoms. The van der Waals surface area contributed by atoms with E-state index in [1.54, 1.807) is 6.20 Å². The van der Waals surface area contributed by atoms with E-state index in [2.05, 4.69) is 4.98 Å². The number of carbonyl (C=O) groups excluding carboxylic acids is 1.